The molecule has 0 atom stereocenters. The van der Waals surface area contributed by atoms with Gasteiger partial charge in [0.05, 0.1) is 36.4 Å². The topological polar surface area (TPSA) is 94.7 Å². The van der Waals surface area contributed by atoms with Gasteiger partial charge in [0.1, 0.15) is 17.9 Å². The van der Waals surface area contributed by atoms with Gasteiger partial charge in [0, 0.05) is 72.7 Å². The third-order valence-electron chi connectivity index (χ3n) is 16.9. The summed E-state index contributed by atoms with van der Waals surface area (Å²) >= 11 is 0. The van der Waals surface area contributed by atoms with Crippen molar-refractivity contribution < 1.29 is 4.74 Å². The number of fused-ring (bicyclic) bond motifs is 3. The van der Waals surface area contributed by atoms with Crippen LogP contribution in [-0.4, -0.2) is 7.11 Å². The Kier molecular flexibility index (Phi) is 18.7. The molecule has 14 rings (SSSR count). The first-order valence-electron chi connectivity index (χ1n) is 31.7. The normalized spacial score (nSPS) is 11.0. The highest BCUT2D eigenvalue weighted by molar-refractivity contribution is 6.10. The van der Waals surface area contributed by atoms with Crippen molar-refractivity contribution >= 4 is 126 Å². The van der Waals surface area contributed by atoms with E-state index in [1.807, 2.05) is 140 Å². The summed E-state index contributed by atoms with van der Waals surface area (Å²) < 4.78 is 5.33. The van der Waals surface area contributed by atoms with Crippen LogP contribution in [0.5, 0.6) is 5.75 Å². The van der Waals surface area contributed by atoms with Crippen molar-refractivity contribution in [3.8, 4) is 24.0 Å². The lowest BCUT2D eigenvalue weighted by Gasteiger charge is -2.25. The van der Waals surface area contributed by atoms with Gasteiger partial charge in [-0.05, 0) is 184 Å². The van der Waals surface area contributed by atoms with Gasteiger partial charge in [-0.3, -0.25) is 0 Å². The van der Waals surface area contributed by atoms with Gasteiger partial charge in [-0.1, -0.05) is 212 Å². The fourth-order valence-corrected chi connectivity index (χ4v) is 12.2. The SMILES string of the molecule is N#Cc1c2ccc(C=Cc3ccc(N(c4ccccc4)c4ccccc4)cc3)cc2c(C#N)c2cc(C=Cc3ccc(N(c4ccccc4)c4ccccc4)cc3)ccc12.[C-]#[N+]c1c(C=Cc2ccc(N(c3ccccc3)c3ccc(OC)cc3)cc2)ccc2c(C#N)cccc12. The summed E-state index contributed by atoms with van der Waals surface area (Å²) in [6.45, 7) is 7.74. The molecular weight excluding hydrogens is 1180 g/mol. The van der Waals surface area contributed by atoms with E-state index < -0.39 is 0 Å². The second-order valence-electron chi connectivity index (χ2n) is 22.9. The number of benzene rings is 14. The van der Waals surface area contributed by atoms with Crippen molar-refractivity contribution in [3.63, 3.8) is 0 Å². The summed E-state index contributed by atoms with van der Waals surface area (Å²) in [6, 6.07) is 113. The quantitative estimate of drug-likeness (QED) is 0.0540. The summed E-state index contributed by atoms with van der Waals surface area (Å²) in [5.41, 5.74) is 17.7. The zero-order valence-corrected chi connectivity index (χ0v) is 53.0. The summed E-state index contributed by atoms with van der Waals surface area (Å²) in [4.78, 5) is 10.4. The molecule has 0 fully saturated rings. The Hall–Kier alpha value is -13.8. The molecule has 0 spiro atoms. The molecule has 8 heteroatoms. The lowest BCUT2D eigenvalue weighted by Crippen LogP contribution is -2.09. The zero-order valence-electron chi connectivity index (χ0n) is 53.0. The number of hydrogen-bond acceptors (Lipinski definition) is 7. The lowest BCUT2D eigenvalue weighted by atomic mass is 9.90. The first-order chi connectivity index (χ1) is 47.9. The molecule has 97 heavy (non-hydrogen) atoms. The van der Waals surface area contributed by atoms with Gasteiger partial charge in [-0.25, -0.2) is 4.85 Å². The van der Waals surface area contributed by atoms with E-state index in [0.717, 1.165) is 123 Å². The van der Waals surface area contributed by atoms with Crippen molar-refractivity contribution in [1.29, 1.82) is 15.8 Å². The molecule has 0 heterocycles. The highest BCUT2D eigenvalue weighted by Crippen LogP contribution is 2.40. The number of nitriles is 3. The van der Waals surface area contributed by atoms with Crippen molar-refractivity contribution in [3.05, 3.63) is 377 Å². The third kappa shape index (κ3) is 13.7. The Bertz CT molecular complexity index is 5100. The van der Waals surface area contributed by atoms with Gasteiger partial charge in [0.15, 0.2) is 0 Å². The van der Waals surface area contributed by atoms with Crippen LogP contribution in [0.1, 0.15) is 50.1 Å². The van der Waals surface area contributed by atoms with Gasteiger partial charge >= 0.3 is 0 Å². The standard InChI is InChI=1S/C56H38N4.C33H23N3O/c57-39-55-51-35-29-43(23-21-41-25-31-49(32-26-41)59(45-13-5-1-6-14-45)46-15-7-2-8-16-46)37-53(51)56(40-58)54-38-44(30-36-52(54)55)24-22-42-27-33-50(34-28-42)60(47-17-9-3-10-18-47)48-19-11-4-12-20-48;1-35-33-25(15-22-31-26(23-34)7-6-10-32(31)33)14-11-24-12-16-28(17-13-24)36(27-8-4-3-5-9-27)29-18-20-30(37-2)21-19-29/h1-38H;3-22H,2H3. The maximum atomic E-state index is 10.6. The van der Waals surface area contributed by atoms with Crippen molar-refractivity contribution in [2.75, 3.05) is 21.8 Å². The average molecular weight is 1240 g/mol. The Balaban J connectivity index is 0.000000196. The Morgan fingerprint density at radius 1 is 0.299 bits per heavy atom. The smallest absolute Gasteiger partial charge is 0.202 e. The molecule has 0 saturated carbocycles. The summed E-state index contributed by atoms with van der Waals surface area (Å²) in [5.74, 6) is 0.813. The minimum absolute atomic E-state index is 0.553. The number of anilines is 9. The van der Waals surface area contributed by atoms with Gasteiger partial charge < -0.3 is 19.4 Å². The van der Waals surface area contributed by atoms with E-state index in [9.17, 15) is 15.8 Å². The lowest BCUT2D eigenvalue weighted by molar-refractivity contribution is 0.415. The van der Waals surface area contributed by atoms with Crippen LogP contribution in [0, 0.1) is 40.6 Å². The largest absolute Gasteiger partial charge is 0.497 e. The average Bonchev–Trinajstić information content (AvgIpc) is 0.799. The summed E-state index contributed by atoms with van der Waals surface area (Å²) in [5, 5.41) is 35.0. The number of ether oxygens (including phenoxy) is 1. The van der Waals surface area contributed by atoms with E-state index in [-0.39, 0.29) is 0 Å². The van der Waals surface area contributed by atoms with Crippen molar-refractivity contribution in [2.45, 2.75) is 0 Å². The van der Waals surface area contributed by atoms with Crippen molar-refractivity contribution in [2.24, 2.45) is 0 Å². The number of para-hydroxylation sites is 5. The zero-order chi connectivity index (χ0) is 66.3. The van der Waals surface area contributed by atoms with Crippen LogP contribution >= 0.6 is 0 Å². The molecule has 0 aromatic heterocycles. The second kappa shape index (κ2) is 29.2. The van der Waals surface area contributed by atoms with Crippen LogP contribution in [0.25, 0.3) is 73.6 Å². The van der Waals surface area contributed by atoms with Crippen LogP contribution in [0.2, 0.25) is 0 Å². The minimum atomic E-state index is 0.553. The molecule has 0 bridgehead atoms. The first-order valence-corrected chi connectivity index (χ1v) is 31.7. The predicted molar refractivity (Wildman–Crippen MR) is 403 cm³/mol. The molecule has 458 valence electrons. The van der Waals surface area contributed by atoms with Crippen LogP contribution < -0.4 is 19.4 Å². The predicted octanol–water partition coefficient (Wildman–Crippen LogP) is 23.9. The van der Waals surface area contributed by atoms with E-state index in [1.54, 1.807) is 13.2 Å². The molecule has 0 N–H and O–H groups in total. The fraction of sp³-hybridized carbons (Fsp3) is 0.0112. The first kappa shape index (κ1) is 62.1. The Morgan fingerprint density at radius 2 is 0.619 bits per heavy atom. The Morgan fingerprint density at radius 3 is 0.969 bits per heavy atom. The van der Waals surface area contributed by atoms with Gasteiger partial charge in [0.2, 0.25) is 5.69 Å². The maximum absolute atomic E-state index is 10.6. The van der Waals surface area contributed by atoms with Crippen LogP contribution in [0.4, 0.5) is 56.9 Å². The van der Waals surface area contributed by atoms with E-state index in [1.165, 1.54) is 0 Å². The molecule has 14 aromatic rings. The monoisotopic (exact) mass is 1240 g/mol. The van der Waals surface area contributed by atoms with E-state index in [4.69, 9.17) is 11.3 Å². The minimum Gasteiger partial charge on any atom is -0.497 e. The van der Waals surface area contributed by atoms with Crippen LogP contribution in [0.15, 0.2) is 315 Å². The second-order valence-corrected chi connectivity index (χ2v) is 22.9. The summed E-state index contributed by atoms with van der Waals surface area (Å²) in [6.07, 6.45) is 12.2. The molecule has 0 aliphatic carbocycles. The van der Waals surface area contributed by atoms with Gasteiger partial charge in [-0.2, -0.15) is 15.8 Å². The van der Waals surface area contributed by atoms with Crippen molar-refractivity contribution in [1.82, 2.24) is 0 Å². The highest BCUT2D eigenvalue weighted by Gasteiger charge is 2.18. The van der Waals surface area contributed by atoms with Gasteiger partial charge in [0.25, 0.3) is 0 Å². The molecule has 0 aliphatic rings. The van der Waals surface area contributed by atoms with Crippen LogP contribution in [-0.2, 0) is 0 Å². The number of nitrogens with zero attached hydrogens (tertiary/aromatic N) is 7. The Labute approximate surface area is 565 Å². The molecule has 0 aliphatic heterocycles. The van der Waals surface area contributed by atoms with E-state index in [2.05, 4.69) is 244 Å². The van der Waals surface area contributed by atoms with Crippen LogP contribution in [0.3, 0.4) is 0 Å². The molecular formula is C89H61N7O. The van der Waals surface area contributed by atoms with E-state index >= 15 is 0 Å². The molecule has 8 nitrogen and oxygen atoms in total. The molecule has 0 amide bonds. The molecule has 0 unspecified atom stereocenters. The number of methoxy groups -OCH3 is 1. The highest BCUT2D eigenvalue weighted by atomic mass is 16.5. The molecule has 0 saturated heterocycles. The number of rotatable bonds is 16. The molecule has 0 radical (unpaired) electrons. The van der Waals surface area contributed by atoms with E-state index in [0.29, 0.717) is 22.4 Å². The maximum Gasteiger partial charge on any atom is 0.202 e. The molecule has 14 aromatic carbocycles. The number of hydrogen-bond donors (Lipinski definition) is 0. The summed E-state index contributed by atoms with van der Waals surface area (Å²) in [7, 11) is 1.67. The van der Waals surface area contributed by atoms with Gasteiger partial charge in [-0.15, -0.1) is 0 Å². The fourth-order valence-electron chi connectivity index (χ4n) is 12.2. The third-order valence-corrected chi connectivity index (χ3v) is 16.9.